The standard InChI is InChI=1S/C13H24N2O3/c1-9(7-11(16)17)14-12(18)15-10-5-4-6-13(2,3)8-10/h9-10H,4-8H2,1-3H3,(H,16,17)(H2,14,15,18). The van der Waals surface area contributed by atoms with Crippen molar-refractivity contribution in [2.24, 2.45) is 5.41 Å². The van der Waals surface area contributed by atoms with Gasteiger partial charge in [0.2, 0.25) is 0 Å². The molecule has 2 atom stereocenters. The van der Waals surface area contributed by atoms with Gasteiger partial charge in [-0.05, 0) is 31.6 Å². The van der Waals surface area contributed by atoms with Crippen LogP contribution in [0.2, 0.25) is 0 Å². The highest BCUT2D eigenvalue weighted by Gasteiger charge is 2.28. The first-order valence-corrected chi connectivity index (χ1v) is 6.57. The Morgan fingerprint density at radius 3 is 2.67 bits per heavy atom. The molecule has 2 unspecified atom stereocenters. The van der Waals surface area contributed by atoms with Crippen LogP contribution in [0.5, 0.6) is 0 Å². The molecule has 0 saturated heterocycles. The smallest absolute Gasteiger partial charge is 0.315 e. The lowest BCUT2D eigenvalue weighted by atomic mass is 9.75. The number of hydrogen-bond donors (Lipinski definition) is 3. The van der Waals surface area contributed by atoms with Crippen molar-refractivity contribution >= 4 is 12.0 Å². The summed E-state index contributed by atoms with van der Waals surface area (Å²) in [4.78, 5) is 22.2. The summed E-state index contributed by atoms with van der Waals surface area (Å²) >= 11 is 0. The normalized spacial score (nSPS) is 24.1. The molecule has 0 radical (unpaired) electrons. The van der Waals surface area contributed by atoms with Crippen LogP contribution in [0.15, 0.2) is 0 Å². The van der Waals surface area contributed by atoms with E-state index in [1.807, 2.05) is 0 Å². The fraction of sp³-hybridized carbons (Fsp3) is 0.846. The summed E-state index contributed by atoms with van der Waals surface area (Å²) in [5.74, 6) is -0.901. The Morgan fingerprint density at radius 1 is 1.44 bits per heavy atom. The van der Waals surface area contributed by atoms with Crippen LogP contribution in [0.3, 0.4) is 0 Å². The van der Waals surface area contributed by atoms with E-state index in [-0.39, 0.29) is 30.0 Å². The molecule has 3 N–H and O–H groups in total. The van der Waals surface area contributed by atoms with Crippen LogP contribution in [0.1, 0.15) is 52.9 Å². The zero-order valence-corrected chi connectivity index (χ0v) is 11.5. The van der Waals surface area contributed by atoms with Gasteiger partial charge in [0.25, 0.3) is 0 Å². The lowest BCUT2D eigenvalue weighted by Crippen LogP contribution is -2.48. The van der Waals surface area contributed by atoms with Crippen LogP contribution in [0, 0.1) is 5.41 Å². The van der Waals surface area contributed by atoms with Crippen LogP contribution in [-0.2, 0) is 4.79 Å². The van der Waals surface area contributed by atoms with Crippen molar-refractivity contribution < 1.29 is 14.7 Å². The molecule has 0 aromatic carbocycles. The molecule has 1 fully saturated rings. The zero-order valence-electron chi connectivity index (χ0n) is 11.5. The van der Waals surface area contributed by atoms with E-state index in [1.54, 1.807) is 6.92 Å². The summed E-state index contributed by atoms with van der Waals surface area (Å²) in [6.07, 6.45) is 4.26. The first kappa shape index (κ1) is 14.8. The van der Waals surface area contributed by atoms with Crippen LogP contribution >= 0.6 is 0 Å². The fourth-order valence-electron chi connectivity index (χ4n) is 2.59. The summed E-state index contributed by atoms with van der Waals surface area (Å²) in [5.41, 5.74) is 0.281. The van der Waals surface area contributed by atoms with Gasteiger partial charge in [-0.25, -0.2) is 4.79 Å². The quantitative estimate of drug-likeness (QED) is 0.721. The molecular formula is C13H24N2O3. The maximum Gasteiger partial charge on any atom is 0.315 e. The van der Waals surface area contributed by atoms with Gasteiger partial charge < -0.3 is 15.7 Å². The van der Waals surface area contributed by atoms with E-state index in [0.717, 1.165) is 19.3 Å². The third-order valence-electron chi connectivity index (χ3n) is 3.40. The average molecular weight is 256 g/mol. The molecule has 0 spiro atoms. The number of carboxylic acid groups (broad SMARTS) is 1. The molecule has 104 valence electrons. The molecule has 0 heterocycles. The van der Waals surface area contributed by atoms with Crippen LogP contribution in [0.4, 0.5) is 4.79 Å². The van der Waals surface area contributed by atoms with E-state index >= 15 is 0 Å². The van der Waals surface area contributed by atoms with Gasteiger partial charge in [0.05, 0.1) is 6.42 Å². The van der Waals surface area contributed by atoms with E-state index in [1.165, 1.54) is 6.42 Å². The van der Waals surface area contributed by atoms with Crippen LogP contribution < -0.4 is 10.6 Å². The summed E-state index contributed by atoms with van der Waals surface area (Å²) < 4.78 is 0. The Balaban J connectivity index is 2.33. The number of carbonyl (C=O) groups excluding carboxylic acids is 1. The van der Waals surface area contributed by atoms with E-state index in [0.29, 0.717) is 0 Å². The molecular weight excluding hydrogens is 232 g/mol. The van der Waals surface area contributed by atoms with Crippen molar-refractivity contribution in [1.29, 1.82) is 0 Å². The van der Waals surface area contributed by atoms with Gasteiger partial charge in [-0.1, -0.05) is 20.3 Å². The Hall–Kier alpha value is -1.26. The summed E-state index contributed by atoms with van der Waals surface area (Å²) in [6, 6.07) is -0.406. The predicted octanol–water partition coefficient (Wildman–Crippen LogP) is 2.12. The topological polar surface area (TPSA) is 78.4 Å². The highest BCUT2D eigenvalue weighted by atomic mass is 16.4. The SMILES string of the molecule is CC(CC(=O)O)NC(=O)NC1CCCC(C)(C)C1. The second kappa shape index (κ2) is 6.07. The first-order chi connectivity index (χ1) is 8.28. The number of carboxylic acids is 1. The molecule has 0 aliphatic heterocycles. The van der Waals surface area contributed by atoms with Crippen molar-refractivity contribution in [2.45, 2.75) is 65.0 Å². The van der Waals surface area contributed by atoms with Gasteiger partial charge in [-0.2, -0.15) is 0 Å². The van der Waals surface area contributed by atoms with Gasteiger partial charge in [0, 0.05) is 12.1 Å². The molecule has 0 bridgehead atoms. The van der Waals surface area contributed by atoms with E-state index < -0.39 is 5.97 Å². The Kier molecular flexibility index (Phi) is 4.99. The number of nitrogens with one attached hydrogen (secondary N) is 2. The summed E-state index contributed by atoms with van der Waals surface area (Å²) in [6.45, 7) is 6.12. The van der Waals surface area contributed by atoms with Gasteiger partial charge >= 0.3 is 12.0 Å². The van der Waals surface area contributed by atoms with E-state index in [9.17, 15) is 9.59 Å². The Morgan fingerprint density at radius 2 is 2.11 bits per heavy atom. The third kappa shape index (κ3) is 5.38. The molecule has 0 aromatic rings. The minimum absolute atomic E-state index is 0.0520. The van der Waals surface area contributed by atoms with Crippen molar-refractivity contribution in [3.8, 4) is 0 Å². The first-order valence-electron chi connectivity index (χ1n) is 6.57. The Labute approximate surface area is 108 Å². The van der Waals surface area contributed by atoms with Gasteiger partial charge in [0.15, 0.2) is 0 Å². The van der Waals surface area contributed by atoms with Crippen LogP contribution in [0.25, 0.3) is 0 Å². The lowest BCUT2D eigenvalue weighted by molar-refractivity contribution is -0.137. The summed E-state index contributed by atoms with van der Waals surface area (Å²) in [5, 5.41) is 14.2. The van der Waals surface area contributed by atoms with Crippen molar-refractivity contribution in [1.82, 2.24) is 10.6 Å². The number of aliphatic carboxylic acids is 1. The molecule has 5 heteroatoms. The van der Waals surface area contributed by atoms with E-state index in [2.05, 4.69) is 24.5 Å². The van der Waals surface area contributed by atoms with Crippen molar-refractivity contribution in [3.05, 3.63) is 0 Å². The predicted molar refractivity (Wildman–Crippen MR) is 69.4 cm³/mol. The molecule has 0 aromatic heterocycles. The summed E-state index contributed by atoms with van der Waals surface area (Å²) in [7, 11) is 0. The van der Waals surface area contributed by atoms with Crippen molar-refractivity contribution in [3.63, 3.8) is 0 Å². The lowest BCUT2D eigenvalue weighted by Gasteiger charge is -2.35. The molecule has 5 nitrogen and oxygen atoms in total. The minimum atomic E-state index is -0.901. The molecule has 1 saturated carbocycles. The average Bonchev–Trinajstić information content (AvgIpc) is 2.13. The zero-order chi connectivity index (χ0) is 13.8. The second-order valence-corrected chi connectivity index (χ2v) is 6.07. The van der Waals surface area contributed by atoms with Crippen LogP contribution in [-0.4, -0.2) is 29.2 Å². The highest BCUT2D eigenvalue weighted by molar-refractivity contribution is 5.75. The maximum absolute atomic E-state index is 11.7. The number of hydrogen-bond acceptors (Lipinski definition) is 2. The maximum atomic E-state index is 11.7. The number of rotatable bonds is 4. The van der Waals surface area contributed by atoms with E-state index in [4.69, 9.17) is 5.11 Å². The Bertz CT molecular complexity index is 315. The molecule has 1 rings (SSSR count). The monoisotopic (exact) mass is 256 g/mol. The largest absolute Gasteiger partial charge is 0.481 e. The fourth-order valence-corrected chi connectivity index (χ4v) is 2.59. The second-order valence-electron chi connectivity index (χ2n) is 6.07. The number of amides is 2. The highest BCUT2D eigenvalue weighted by Crippen LogP contribution is 2.34. The van der Waals surface area contributed by atoms with Gasteiger partial charge in [-0.15, -0.1) is 0 Å². The molecule has 18 heavy (non-hydrogen) atoms. The van der Waals surface area contributed by atoms with Gasteiger partial charge in [-0.3, -0.25) is 4.79 Å². The van der Waals surface area contributed by atoms with Crippen molar-refractivity contribution in [2.75, 3.05) is 0 Å². The number of urea groups is 1. The molecule has 1 aliphatic carbocycles. The minimum Gasteiger partial charge on any atom is -0.481 e. The molecule has 2 amide bonds. The third-order valence-corrected chi connectivity index (χ3v) is 3.40. The molecule has 1 aliphatic rings. The van der Waals surface area contributed by atoms with Gasteiger partial charge in [0.1, 0.15) is 0 Å². The number of carbonyl (C=O) groups is 2.